The van der Waals surface area contributed by atoms with E-state index in [0.29, 0.717) is 30.2 Å². The van der Waals surface area contributed by atoms with E-state index in [4.69, 9.17) is 9.47 Å². The van der Waals surface area contributed by atoms with Crippen molar-refractivity contribution in [3.8, 4) is 17.2 Å². The molecule has 4 aliphatic rings. The van der Waals surface area contributed by atoms with Crippen LogP contribution in [0.25, 0.3) is 0 Å². The molecule has 3 aromatic rings. The number of urea groups is 1. The van der Waals surface area contributed by atoms with E-state index in [2.05, 4.69) is 33.1 Å². The van der Waals surface area contributed by atoms with E-state index >= 15 is 0 Å². The molecule has 3 amide bonds. The van der Waals surface area contributed by atoms with Crippen molar-refractivity contribution in [2.75, 3.05) is 5.32 Å². The predicted molar refractivity (Wildman–Crippen MR) is 128 cm³/mol. The van der Waals surface area contributed by atoms with Gasteiger partial charge in [0, 0.05) is 23.7 Å². The molecule has 0 spiro atoms. The van der Waals surface area contributed by atoms with Crippen LogP contribution in [0.5, 0.6) is 17.2 Å². The third-order valence-corrected chi connectivity index (χ3v) is 7.39. The molecular weight excluding hydrogens is 444 g/mol. The van der Waals surface area contributed by atoms with E-state index in [0.717, 1.165) is 29.7 Å². The van der Waals surface area contributed by atoms with Crippen LogP contribution in [0, 0.1) is 0 Å². The number of fused-ring (bicyclic) bond motifs is 5. The molecule has 8 heteroatoms. The monoisotopic (exact) mass is 468 g/mol. The largest absolute Gasteiger partial charge is 0.487 e. The highest BCUT2D eigenvalue weighted by molar-refractivity contribution is 5.93. The lowest BCUT2D eigenvalue weighted by Crippen LogP contribution is -2.40. The number of carbonyl (C=O) groups excluding carboxylic acids is 2. The second kappa shape index (κ2) is 7.73. The number of pyridine rings is 1. The summed E-state index contributed by atoms with van der Waals surface area (Å²) in [6.45, 7) is 0. The average molecular weight is 469 g/mol. The van der Waals surface area contributed by atoms with Crippen molar-refractivity contribution >= 4 is 17.8 Å². The van der Waals surface area contributed by atoms with Crippen LogP contribution in [0.2, 0.25) is 0 Å². The van der Waals surface area contributed by atoms with Gasteiger partial charge in [-0.1, -0.05) is 24.3 Å². The molecule has 8 nitrogen and oxygen atoms in total. The van der Waals surface area contributed by atoms with Crippen LogP contribution < -0.4 is 25.4 Å². The van der Waals surface area contributed by atoms with Gasteiger partial charge in [0.05, 0.1) is 18.0 Å². The minimum atomic E-state index is -0.158. The van der Waals surface area contributed by atoms with Crippen LogP contribution in [-0.2, 0) is 17.6 Å². The Kier molecular flexibility index (Phi) is 4.49. The Labute approximate surface area is 202 Å². The molecule has 2 aromatic carbocycles. The Morgan fingerprint density at radius 2 is 1.97 bits per heavy atom. The fraction of sp³-hybridized carbons (Fsp3) is 0.296. The van der Waals surface area contributed by atoms with Gasteiger partial charge in [0.2, 0.25) is 5.91 Å². The van der Waals surface area contributed by atoms with E-state index in [1.54, 1.807) is 6.20 Å². The first kappa shape index (κ1) is 20.3. The molecule has 0 radical (unpaired) electrons. The number of anilines is 1. The van der Waals surface area contributed by atoms with Gasteiger partial charge in [-0.05, 0) is 54.7 Å². The van der Waals surface area contributed by atoms with Gasteiger partial charge < -0.3 is 25.4 Å². The summed E-state index contributed by atoms with van der Waals surface area (Å²) in [6.07, 6.45) is 4.50. The molecule has 0 unspecified atom stereocenters. The van der Waals surface area contributed by atoms with Crippen LogP contribution >= 0.6 is 0 Å². The van der Waals surface area contributed by atoms with E-state index in [9.17, 15) is 9.59 Å². The minimum absolute atomic E-state index is 0.0312. The van der Waals surface area contributed by atoms with Crippen molar-refractivity contribution in [3.63, 3.8) is 0 Å². The van der Waals surface area contributed by atoms with Crippen LogP contribution in [0.1, 0.15) is 47.1 Å². The Hall–Kier alpha value is -4.07. The molecule has 0 saturated heterocycles. The zero-order valence-corrected chi connectivity index (χ0v) is 18.9. The third-order valence-electron chi connectivity index (χ3n) is 7.39. The first-order valence-electron chi connectivity index (χ1n) is 12.0. The molecule has 3 heterocycles. The number of amides is 3. The Morgan fingerprint density at radius 1 is 1.06 bits per heavy atom. The van der Waals surface area contributed by atoms with Crippen LogP contribution in [0.4, 0.5) is 10.6 Å². The molecule has 0 bridgehead atoms. The van der Waals surface area contributed by atoms with Crippen molar-refractivity contribution in [3.05, 3.63) is 77.0 Å². The number of carbonyl (C=O) groups is 2. The highest BCUT2D eigenvalue weighted by Crippen LogP contribution is 2.54. The van der Waals surface area contributed by atoms with Gasteiger partial charge in [0.1, 0.15) is 29.2 Å². The zero-order chi connectivity index (χ0) is 23.5. The molecule has 35 heavy (non-hydrogen) atoms. The maximum Gasteiger partial charge on any atom is 0.315 e. The second-order valence-corrected chi connectivity index (χ2v) is 9.53. The van der Waals surface area contributed by atoms with Crippen molar-refractivity contribution in [2.45, 2.75) is 49.8 Å². The number of benzene rings is 2. The second-order valence-electron chi connectivity index (χ2n) is 9.53. The van der Waals surface area contributed by atoms with Gasteiger partial charge in [0.15, 0.2) is 0 Å². The number of ether oxygens (including phenoxy) is 2. The zero-order valence-electron chi connectivity index (χ0n) is 18.9. The smallest absolute Gasteiger partial charge is 0.315 e. The number of hydrogen-bond donors (Lipinski definition) is 3. The number of nitrogens with one attached hydrogen (secondary N) is 3. The van der Waals surface area contributed by atoms with Gasteiger partial charge in [-0.25, -0.2) is 9.78 Å². The van der Waals surface area contributed by atoms with Gasteiger partial charge in [-0.3, -0.25) is 4.79 Å². The van der Waals surface area contributed by atoms with E-state index in [1.165, 1.54) is 11.1 Å². The third kappa shape index (κ3) is 3.48. The Morgan fingerprint density at radius 3 is 2.91 bits per heavy atom. The van der Waals surface area contributed by atoms with Crippen molar-refractivity contribution in [1.82, 2.24) is 15.6 Å². The van der Waals surface area contributed by atoms with Gasteiger partial charge in [-0.2, -0.15) is 0 Å². The summed E-state index contributed by atoms with van der Waals surface area (Å²) in [6, 6.07) is 15.7. The number of aryl methyl sites for hydroxylation is 1. The lowest BCUT2D eigenvalue weighted by molar-refractivity contribution is -0.116. The summed E-state index contributed by atoms with van der Waals surface area (Å²) in [5, 5.41) is 9.03. The summed E-state index contributed by atoms with van der Waals surface area (Å²) in [7, 11) is 0. The average Bonchev–Trinajstić information content (AvgIpc) is 3.18. The molecule has 3 N–H and O–H groups in total. The first-order chi connectivity index (χ1) is 17.1. The van der Waals surface area contributed by atoms with E-state index in [1.807, 2.05) is 36.4 Å². The highest BCUT2D eigenvalue weighted by atomic mass is 16.5. The quantitative estimate of drug-likeness (QED) is 0.538. The summed E-state index contributed by atoms with van der Waals surface area (Å²) < 4.78 is 12.3. The predicted octanol–water partition coefficient (Wildman–Crippen LogP) is 3.97. The van der Waals surface area contributed by atoms with Gasteiger partial charge >= 0.3 is 6.03 Å². The minimum Gasteiger partial charge on any atom is -0.487 e. The van der Waals surface area contributed by atoms with Crippen LogP contribution in [0.15, 0.2) is 54.7 Å². The molecule has 2 aliphatic heterocycles. The molecule has 1 fully saturated rings. The number of aromatic nitrogens is 1. The molecule has 7 rings (SSSR count). The molecule has 2 aliphatic carbocycles. The first-order valence-corrected chi connectivity index (χ1v) is 12.0. The standard InChI is InChI=1S/C27H24N4O4/c32-22-10-7-17-21(11-12-28-26(17)30-22)34-15-6-9-20-18(13-15)23-24(25(23)35-20)31-27(33)29-19-8-5-14-3-1-2-4-16(14)19/h1-4,6,9,11-13,19,23-25H,5,7-8,10H2,(H,28,30,32)(H2,29,31,33)/t19-,23+,24-,25+/m1/s1. The summed E-state index contributed by atoms with van der Waals surface area (Å²) in [5.74, 6) is 2.85. The van der Waals surface area contributed by atoms with Gasteiger partial charge in [-0.15, -0.1) is 0 Å². The summed E-state index contributed by atoms with van der Waals surface area (Å²) in [5.41, 5.74) is 4.46. The fourth-order valence-corrected chi connectivity index (χ4v) is 5.61. The maximum atomic E-state index is 12.7. The summed E-state index contributed by atoms with van der Waals surface area (Å²) in [4.78, 5) is 28.7. The SMILES string of the molecule is O=C1CCc2c(Oc3ccc4c(c3)[C@H]3[C@@H](NC(=O)N[C@@H]5CCc6ccccc65)[C@H]3O4)ccnc2N1. The molecule has 1 aromatic heterocycles. The van der Waals surface area contributed by atoms with Crippen LogP contribution in [0.3, 0.4) is 0 Å². The van der Waals surface area contributed by atoms with Crippen molar-refractivity contribution in [1.29, 1.82) is 0 Å². The molecule has 176 valence electrons. The van der Waals surface area contributed by atoms with Gasteiger partial charge in [0.25, 0.3) is 0 Å². The maximum absolute atomic E-state index is 12.7. The number of hydrogen-bond acceptors (Lipinski definition) is 5. The Bertz CT molecular complexity index is 1370. The lowest BCUT2D eigenvalue weighted by atomic mass is 10.1. The lowest BCUT2D eigenvalue weighted by Gasteiger charge is -2.19. The normalized spacial score (nSPS) is 24.7. The van der Waals surface area contributed by atoms with Crippen molar-refractivity contribution in [2.24, 2.45) is 0 Å². The number of nitrogens with zero attached hydrogens (tertiary/aromatic N) is 1. The molecule has 4 atom stereocenters. The fourth-order valence-electron chi connectivity index (χ4n) is 5.61. The molecular formula is C27H24N4O4. The summed E-state index contributed by atoms with van der Waals surface area (Å²) >= 11 is 0. The topological polar surface area (TPSA) is 102 Å². The Balaban J connectivity index is 1.03. The van der Waals surface area contributed by atoms with Crippen LogP contribution in [-0.4, -0.2) is 29.1 Å². The molecule has 1 saturated carbocycles. The highest BCUT2D eigenvalue weighted by Gasteiger charge is 2.59. The number of rotatable bonds is 4. The van der Waals surface area contributed by atoms with Crippen molar-refractivity contribution < 1.29 is 19.1 Å². The van der Waals surface area contributed by atoms with E-state index in [-0.39, 0.29) is 36.0 Å². The van der Waals surface area contributed by atoms with E-state index < -0.39 is 0 Å².